The molecule has 5 rings (SSSR count). The van der Waals surface area contributed by atoms with Gasteiger partial charge in [-0.1, -0.05) is 5.16 Å². The van der Waals surface area contributed by atoms with Gasteiger partial charge >= 0.3 is 0 Å². The molecule has 10 nitrogen and oxygen atoms in total. The van der Waals surface area contributed by atoms with Crippen LogP contribution in [0.15, 0.2) is 35.5 Å². The molecule has 32 heavy (non-hydrogen) atoms. The summed E-state index contributed by atoms with van der Waals surface area (Å²) in [5.74, 6) is -0.145. The molecule has 1 aliphatic rings. The van der Waals surface area contributed by atoms with E-state index in [0.29, 0.717) is 29.1 Å². The molecule has 0 saturated heterocycles. The fourth-order valence-corrected chi connectivity index (χ4v) is 4.02. The molecule has 1 fully saturated rings. The molecule has 11 heteroatoms. The summed E-state index contributed by atoms with van der Waals surface area (Å²) in [5, 5.41) is 10.7. The first-order valence-corrected chi connectivity index (χ1v) is 10.4. The number of carbonyl (C=O) groups excluding carboxylic acids is 1. The van der Waals surface area contributed by atoms with Crippen molar-refractivity contribution in [2.24, 2.45) is 0 Å². The average Bonchev–Trinajstić information content (AvgIpc) is 3.42. The molecule has 1 amide bonds. The number of fused-ring (bicyclic) bond motifs is 1. The van der Waals surface area contributed by atoms with Crippen LogP contribution >= 0.6 is 0 Å². The Kier molecular flexibility index (Phi) is 5.21. The summed E-state index contributed by atoms with van der Waals surface area (Å²) in [5.41, 5.74) is 2.00. The molecule has 0 aromatic carbocycles. The molecule has 1 saturated carbocycles. The first-order chi connectivity index (χ1) is 15.6. The molecule has 1 aliphatic carbocycles. The highest BCUT2D eigenvalue weighted by atomic mass is 19.1. The van der Waals surface area contributed by atoms with Gasteiger partial charge in [-0.15, -0.1) is 0 Å². The van der Waals surface area contributed by atoms with Crippen LogP contribution in [0.4, 0.5) is 10.2 Å². The minimum Gasteiger partial charge on any atom is -0.365 e. The lowest BCUT2D eigenvalue weighted by molar-refractivity contribution is 0.0889. The van der Waals surface area contributed by atoms with Crippen LogP contribution in [0, 0.1) is 12.7 Å². The van der Waals surface area contributed by atoms with Crippen molar-refractivity contribution in [3.05, 3.63) is 48.3 Å². The summed E-state index contributed by atoms with van der Waals surface area (Å²) >= 11 is 0. The summed E-state index contributed by atoms with van der Waals surface area (Å²) in [7, 11) is 0. The molecule has 0 radical (unpaired) electrons. The minimum atomic E-state index is -0.534. The van der Waals surface area contributed by atoms with Crippen LogP contribution in [-0.4, -0.2) is 48.1 Å². The standard InChI is InChI=1S/C21H21FN8O2/c1-11-5-17(32-30-11)21(31)28-13-4-2-3-12(6-13)27-20-16(22)9-25-19(29-20)15-8-24-18-14(15)7-23-10-26-18/h5,7-10,12-13H,2-4,6H2,1H3,(H,28,31)(H,23,24,26)(H,25,27,29)/t12-,13+/m1/s1. The van der Waals surface area contributed by atoms with Crippen LogP contribution in [-0.2, 0) is 0 Å². The molecule has 2 atom stereocenters. The Morgan fingerprint density at radius 2 is 2.12 bits per heavy atom. The van der Waals surface area contributed by atoms with Crippen LogP contribution in [0.1, 0.15) is 41.9 Å². The summed E-state index contributed by atoms with van der Waals surface area (Å²) in [6, 6.07) is 1.49. The van der Waals surface area contributed by atoms with Gasteiger partial charge in [0.2, 0.25) is 5.76 Å². The lowest BCUT2D eigenvalue weighted by Gasteiger charge is -2.30. The second-order valence-electron chi connectivity index (χ2n) is 7.89. The number of aromatic nitrogens is 6. The van der Waals surface area contributed by atoms with Crippen LogP contribution < -0.4 is 10.6 Å². The van der Waals surface area contributed by atoms with E-state index in [1.807, 2.05) is 0 Å². The van der Waals surface area contributed by atoms with Gasteiger partial charge in [0, 0.05) is 41.5 Å². The molecule has 164 valence electrons. The maximum Gasteiger partial charge on any atom is 0.290 e. The number of aromatic amines is 1. The van der Waals surface area contributed by atoms with Crippen molar-refractivity contribution in [2.45, 2.75) is 44.7 Å². The zero-order valence-corrected chi connectivity index (χ0v) is 17.3. The minimum absolute atomic E-state index is 0.0472. The third-order valence-corrected chi connectivity index (χ3v) is 5.54. The SMILES string of the molecule is Cc1cc(C(=O)N[C@H]2CCC[C@@H](Nc3nc(-c4c[nH]c5ncncc45)ncc3F)C2)on1. The number of carbonyl (C=O) groups is 1. The van der Waals surface area contributed by atoms with Gasteiger partial charge in [0.25, 0.3) is 5.91 Å². The predicted octanol–water partition coefficient (Wildman–Crippen LogP) is 3.00. The molecule has 0 unspecified atom stereocenters. The van der Waals surface area contributed by atoms with E-state index >= 15 is 0 Å². The van der Waals surface area contributed by atoms with Crippen LogP contribution in [0.5, 0.6) is 0 Å². The number of hydrogen-bond acceptors (Lipinski definition) is 8. The zero-order chi connectivity index (χ0) is 22.1. The Hall–Kier alpha value is -3.89. The fraction of sp³-hybridized carbons (Fsp3) is 0.333. The maximum absolute atomic E-state index is 14.5. The quantitative estimate of drug-likeness (QED) is 0.435. The predicted molar refractivity (Wildman–Crippen MR) is 113 cm³/mol. The van der Waals surface area contributed by atoms with E-state index in [2.05, 4.69) is 40.7 Å². The first-order valence-electron chi connectivity index (χ1n) is 10.4. The largest absolute Gasteiger partial charge is 0.365 e. The van der Waals surface area contributed by atoms with E-state index < -0.39 is 5.82 Å². The van der Waals surface area contributed by atoms with Crippen molar-refractivity contribution >= 4 is 22.8 Å². The molecule has 3 N–H and O–H groups in total. The maximum atomic E-state index is 14.5. The Morgan fingerprint density at radius 1 is 1.25 bits per heavy atom. The summed E-state index contributed by atoms with van der Waals surface area (Å²) in [4.78, 5) is 32.2. The van der Waals surface area contributed by atoms with Gasteiger partial charge in [0.15, 0.2) is 17.5 Å². The number of nitrogens with one attached hydrogen (secondary N) is 3. The van der Waals surface area contributed by atoms with Gasteiger partial charge in [-0.2, -0.15) is 0 Å². The lowest BCUT2D eigenvalue weighted by Crippen LogP contribution is -2.41. The lowest BCUT2D eigenvalue weighted by atomic mass is 9.91. The number of anilines is 1. The number of H-pyrrole nitrogens is 1. The number of amides is 1. The molecule has 4 aromatic heterocycles. The molecule has 0 bridgehead atoms. The Labute approximate surface area is 182 Å². The van der Waals surface area contributed by atoms with E-state index in [0.717, 1.165) is 30.8 Å². The first kappa shape index (κ1) is 20.0. The normalized spacial score (nSPS) is 18.6. The Balaban J connectivity index is 1.30. The molecule has 4 heterocycles. The monoisotopic (exact) mass is 436 g/mol. The van der Waals surface area contributed by atoms with Gasteiger partial charge < -0.3 is 20.1 Å². The number of hydrogen-bond donors (Lipinski definition) is 3. The third-order valence-electron chi connectivity index (χ3n) is 5.54. The summed E-state index contributed by atoms with van der Waals surface area (Å²) < 4.78 is 19.5. The Bertz CT molecular complexity index is 1270. The van der Waals surface area contributed by atoms with E-state index in [1.165, 1.54) is 6.33 Å². The molecule has 4 aromatic rings. The summed E-state index contributed by atoms with van der Waals surface area (Å²) in [6.45, 7) is 1.76. The van der Waals surface area contributed by atoms with E-state index in [4.69, 9.17) is 4.52 Å². The van der Waals surface area contributed by atoms with Crippen molar-refractivity contribution in [1.29, 1.82) is 0 Å². The van der Waals surface area contributed by atoms with Crippen molar-refractivity contribution in [1.82, 2.24) is 35.4 Å². The highest BCUT2D eigenvalue weighted by Gasteiger charge is 2.26. The zero-order valence-electron chi connectivity index (χ0n) is 17.3. The van der Waals surface area contributed by atoms with Gasteiger partial charge in [-0.05, 0) is 32.6 Å². The van der Waals surface area contributed by atoms with Crippen LogP contribution in [0.2, 0.25) is 0 Å². The molecule has 0 aliphatic heterocycles. The van der Waals surface area contributed by atoms with E-state index in [1.54, 1.807) is 25.4 Å². The highest BCUT2D eigenvalue weighted by molar-refractivity contribution is 5.92. The Morgan fingerprint density at radius 3 is 2.97 bits per heavy atom. The van der Waals surface area contributed by atoms with Crippen molar-refractivity contribution in [3.63, 3.8) is 0 Å². The average molecular weight is 436 g/mol. The number of aryl methyl sites for hydroxylation is 1. The van der Waals surface area contributed by atoms with Gasteiger partial charge in [-0.25, -0.2) is 24.3 Å². The van der Waals surface area contributed by atoms with Crippen molar-refractivity contribution < 1.29 is 13.7 Å². The van der Waals surface area contributed by atoms with Gasteiger partial charge in [0.1, 0.15) is 12.0 Å². The van der Waals surface area contributed by atoms with Gasteiger partial charge in [-0.3, -0.25) is 4.79 Å². The molecule has 0 spiro atoms. The number of nitrogens with zero attached hydrogens (tertiary/aromatic N) is 5. The van der Waals surface area contributed by atoms with Crippen molar-refractivity contribution in [2.75, 3.05) is 5.32 Å². The molecular formula is C21H21FN8O2. The van der Waals surface area contributed by atoms with Crippen LogP contribution in [0.25, 0.3) is 22.4 Å². The molecular weight excluding hydrogens is 415 g/mol. The second kappa shape index (κ2) is 8.33. The highest BCUT2D eigenvalue weighted by Crippen LogP contribution is 2.27. The van der Waals surface area contributed by atoms with E-state index in [-0.39, 0.29) is 29.6 Å². The van der Waals surface area contributed by atoms with Crippen molar-refractivity contribution in [3.8, 4) is 11.4 Å². The van der Waals surface area contributed by atoms with Gasteiger partial charge in [0.05, 0.1) is 11.9 Å². The second-order valence-corrected chi connectivity index (χ2v) is 7.89. The van der Waals surface area contributed by atoms with E-state index in [9.17, 15) is 9.18 Å². The van der Waals surface area contributed by atoms with Crippen LogP contribution in [0.3, 0.4) is 0 Å². The smallest absolute Gasteiger partial charge is 0.290 e. The summed E-state index contributed by atoms with van der Waals surface area (Å²) in [6.07, 6.45) is 9.20. The fourth-order valence-electron chi connectivity index (χ4n) is 4.02. The number of halogens is 1. The third kappa shape index (κ3) is 4.01. The number of rotatable bonds is 5. The topological polar surface area (TPSA) is 135 Å².